The van der Waals surface area contributed by atoms with Gasteiger partial charge in [0.15, 0.2) is 0 Å². The molecule has 1 aromatic rings. The van der Waals surface area contributed by atoms with Crippen LogP contribution in [0.4, 0.5) is 4.79 Å². The monoisotopic (exact) mass is 632 g/mol. The van der Waals surface area contributed by atoms with E-state index < -0.39 is 22.8 Å². The summed E-state index contributed by atoms with van der Waals surface area (Å²) in [5.41, 5.74) is 0.382. The molecule has 258 valence electrons. The highest BCUT2D eigenvalue weighted by molar-refractivity contribution is 5.81. The molecule has 3 atom stereocenters. The number of benzene rings is 1. The number of nitrogens with one attached hydrogen (secondary N) is 1. The van der Waals surface area contributed by atoms with Crippen LogP contribution in [0.5, 0.6) is 5.75 Å². The van der Waals surface area contributed by atoms with Gasteiger partial charge >= 0.3 is 6.09 Å². The molecule has 2 unspecified atom stereocenters. The Labute approximate surface area is 274 Å². The van der Waals surface area contributed by atoms with Gasteiger partial charge in [-0.05, 0) is 89.3 Å². The topological polar surface area (TPSA) is 86.3 Å². The first-order valence-corrected chi connectivity index (χ1v) is 17.2. The Hall–Kier alpha value is -2.32. The fourth-order valence-electron chi connectivity index (χ4n) is 6.08. The summed E-state index contributed by atoms with van der Waals surface area (Å²) in [4.78, 5) is 28.8. The number of carbonyl (C=O) groups is 2. The Morgan fingerprint density at radius 3 is 2.33 bits per heavy atom. The van der Waals surface area contributed by atoms with Crippen molar-refractivity contribution in [2.45, 2.75) is 145 Å². The number of carbonyl (C=O) groups excluding carboxylic acids is 2. The number of methoxy groups -OCH3 is 1. The summed E-state index contributed by atoms with van der Waals surface area (Å²) < 4.78 is 23.9. The summed E-state index contributed by atoms with van der Waals surface area (Å²) in [6.07, 6.45) is 5.38. The van der Waals surface area contributed by atoms with E-state index in [4.69, 9.17) is 18.9 Å². The van der Waals surface area contributed by atoms with Gasteiger partial charge < -0.3 is 24.3 Å². The maximum Gasteiger partial charge on any atom is 0.412 e. The number of aryl methyl sites for hydroxylation is 1. The summed E-state index contributed by atoms with van der Waals surface area (Å²) in [5, 5.41) is 3.18. The van der Waals surface area contributed by atoms with Crippen LogP contribution in [0.3, 0.4) is 0 Å². The molecular formula is C37H64N2O6. The van der Waals surface area contributed by atoms with Gasteiger partial charge in [-0.15, -0.1) is 0 Å². The molecule has 1 saturated heterocycles. The molecule has 0 radical (unpaired) electrons. The Morgan fingerprint density at radius 1 is 1.07 bits per heavy atom. The second kappa shape index (κ2) is 17.0. The molecule has 8 heteroatoms. The van der Waals surface area contributed by atoms with Gasteiger partial charge in [-0.3, -0.25) is 9.69 Å². The van der Waals surface area contributed by atoms with Crippen LogP contribution in [0.1, 0.15) is 119 Å². The molecule has 1 heterocycles. The molecule has 0 saturated carbocycles. The molecule has 0 bridgehead atoms. The standard InChI is InChI=1S/C37H64N2O6/c1-13-15-19-36(8,9)33(40)38-25-32-30(39(37(10,11)44-32)34(41)45-35(5,6)7)24-29(26(3)4)22-27-17-18-28(14-2)31(23-27)43-21-16-20-42-12/h17-18,23,26,29-30,32H,13-16,19-22,24-25H2,1-12H3,(H,38,40)/t29-,30?,32?/m0/s1. The van der Waals surface area contributed by atoms with Crippen molar-refractivity contribution >= 4 is 12.0 Å². The zero-order valence-electron chi connectivity index (χ0n) is 30.5. The molecular weight excluding hydrogens is 568 g/mol. The Bertz CT molecular complexity index is 1080. The number of hydrogen-bond donors (Lipinski definition) is 1. The average Bonchev–Trinajstić information content (AvgIpc) is 3.20. The molecule has 1 aromatic carbocycles. The Kier molecular flexibility index (Phi) is 14.7. The van der Waals surface area contributed by atoms with E-state index in [0.717, 1.165) is 44.3 Å². The van der Waals surface area contributed by atoms with Gasteiger partial charge in [0.2, 0.25) is 5.91 Å². The van der Waals surface area contributed by atoms with Crippen LogP contribution in [-0.2, 0) is 31.8 Å². The van der Waals surface area contributed by atoms with E-state index in [1.54, 1.807) is 12.0 Å². The van der Waals surface area contributed by atoms with Crippen molar-refractivity contribution < 1.29 is 28.5 Å². The van der Waals surface area contributed by atoms with Crippen molar-refractivity contribution in [3.63, 3.8) is 0 Å². The smallest absolute Gasteiger partial charge is 0.412 e. The molecule has 1 aliphatic rings. The average molecular weight is 633 g/mol. The van der Waals surface area contributed by atoms with Crippen LogP contribution in [-0.4, -0.2) is 67.2 Å². The Balaban J connectivity index is 2.37. The lowest BCUT2D eigenvalue weighted by molar-refractivity contribution is -0.131. The maximum atomic E-state index is 13.7. The van der Waals surface area contributed by atoms with E-state index in [1.807, 2.05) is 48.5 Å². The van der Waals surface area contributed by atoms with Crippen LogP contribution in [0.25, 0.3) is 0 Å². The third kappa shape index (κ3) is 11.8. The predicted octanol–water partition coefficient (Wildman–Crippen LogP) is 7.94. The summed E-state index contributed by atoms with van der Waals surface area (Å²) in [7, 11) is 1.71. The van der Waals surface area contributed by atoms with Gasteiger partial charge in [0.1, 0.15) is 17.1 Å². The molecule has 2 amide bonds. The van der Waals surface area contributed by atoms with E-state index in [1.165, 1.54) is 11.1 Å². The van der Waals surface area contributed by atoms with Crippen molar-refractivity contribution in [2.24, 2.45) is 17.3 Å². The fraction of sp³-hybridized carbons (Fsp3) is 0.784. The minimum Gasteiger partial charge on any atom is -0.493 e. The third-order valence-electron chi connectivity index (χ3n) is 8.85. The number of unbranched alkanes of at least 4 members (excludes halogenated alkanes) is 1. The maximum absolute atomic E-state index is 13.7. The molecule has 0 spiro atoms. The highest BCUT2D eigenvalue weighted by Gasteiger charge is 2.52. The van der Waals surface area contributed by atoms with Gasteiger partial charge in [0.05, 0.1) is 18.8 Å². The van der Waals surface area contributed by atoms with Gasteiger partial charge in [0, 0.05) is 32.1 Å². The minimum atomic E-state index is -0.895. The van der Waals surface area contributed by atoms with E-state index in [-0.39, 0.29) is 24.0 Å². The van der Waals surface area contributed by atoms with Crippen molar-refractivity contribution in [3.8, 4) is 5.75 Å². The molecule has 1 aliphatic heterocycles. The second-order valence-electron chi connectivity index (χ2n) is 15.2. The number of rotatable bonds is 17. The third-order valence-corrected chi connectivity index (χ3v) is 8.85. The SMILES string of the molecule is CCCCC(C)(C)C(=O)NCC1OC(C)(C)N(C(=O)OC(C)(C)C)C1C[C@H](Cc1ccc(CC)c(OCCCOC)c1)C(C)C. The Morgan fingerprint density at radius 2 is 1.76 bits per heavy atom. The van der Waals surface area contributed by atoms with Crippen molar-refractivity contribution in [3.05, 3.63) is 29.3 Å². The molecule has 8 nitrogen and oxygen atoms in total. The van der Waals surface area contributed by atoms with Crippen molar-refractivity contribution in [2.75, 3.05) is 26.9 Å². The van der Waals surface area contributed by atoms with Gasteiger partial charge in [-0.25, -0.2) is 4.79 Å². The van der Waals surface area contributed by atoms with Crippen LogP contribution >= 0.6 is 0 Å². The quantitative estimate of drug-likeness (QED) is 0.176. The zero-order chi connectivity index (χ0) is 34.0. The molecule has 45 heavy (non-hydrogen) atoms. The largest absolute Gasteiger partial charge is 0.493 e. The number of amides is 2. The number of hydrogen-bond acceptors (Lipinski definition) is 6. The highest BCUT2D eigenvalue weighted by atomic mass is 16.6. The van der Waals surface area contributed by atoms with Crippen molar-refractivity contribution in [1.29, 1.82) is 0 Å². The molecule has 2 rings (SSSR count). The molecule has 1 N–H and O–H groups in total. The van der Waals surface area contributed by atoms with Gasteiger partial charge in [0.25, 0.3) is 0 Å². The first-order valence-electron chi connectivity index (χ1n) is 17.2. The van der Waals surface area contributed by atoms with E-state index >= 15 is 0 Å². The first kappa shape index (κ1) is 38.9. The molecule has 0 aromatic heterocycles. The van der Waals surface area contributed by atoms with E-state index in [2.05, 4.69) is 51.2 Å². The lowest BCUT2D eigenvalue weighted by atomic mass is 9.82. The lowest BCUT2D eigenvalue weighted by Gasteiger charge is -2.37. The summed E-state index contributed by atoms with van der Waals surface area (Å²) in [5.74, 6) is 1.53. The van der Waals surface area contributed by atoms with Gasteiger partial charge in [-0.2, -0.15) is 0 Å². The number of ether oxygens (including phenoxy) is 4. The molecule has 1 fully saturated rings. The predicted molar refractivity (Wildman–Crippen MR) is 182 cm³/mol. The minimum absolute atomic E-state index is 0.0151. The van der Waals surface area contributed by atoms with Crippen LogP contribution in [0.15, 0.2) is 18.2 Å². The zero-order valence-corrected chi connectivity index (χ0v) is 30.5. The van der Waals surface area contributed by atoms with E-state index in [0.29, 0.717) is 32.1 Å². The summed E-state index contributed by atoms with van der Waals surface area (Å²) in [6.45, 7) is 23.8. The van der Waals surface area contributed by atoms with Crippen LogP contribution < -0.4 is 10.1 Å². The molecule has 0 aliphatic carbocycles. The summed E-state index contributed by atoms with van der Waals surface area (Å²) >= 11 is 0. The summed E-state index contributed by atoms with van der Waals surface area (Å²) in [6, 6.07) is 6.28. The fourth-order valence-corrected chi connectivity index (χ4v) is 6.08. The second-order valence-corrected chi connectivity index (χ2v) is 15.2. The lowest BCUT2D eigenvalue weighted by Crippen LogP contribution is -2.52. The van der Waals surface area contributed by atoms with Crippen LogP contribution in [0.2, 0.25) is 0 Å². The van der Waals surface area contributed by atoms with E-state index in [9.17, 15) is 9.59 Å². The first-order chi connectivity index (χ1) is 21.0. The number of nitrogens with zero attached hydrogens (tertiary/aromatic N) is 1. The van der Waals surface area contributed by atoms with Crippen molar-refractivity contribution in [1.82, 2.24) is 10.2 Å². The van der Waals surface area contributed by atoms with Gasteiger partial charge in [-0.1, -0.05) is 66.5 Å². The normalized spacial score (nSPS) is 19.1. The van der Waals surface area contributed by atoms with Crippen LogP contribution in [0, 0.1) is 17.3 Å². The highest BCUT2D eigenvalue weighted by Crippen LogP contribution is 2.39.